The van der Waals surface area contributed by atoms with Gasteiger partial charge in [-0.3, -0.25) is 14.4 Å². The van der Waals surface area contributed by atoms with Crippen LogP contribution in [-0.2, 0) is 9.59 Å². The average Bonchev–Trinajstić information content (AvgIpc) is 2.74. The maximum atomic E-state index is 13.6. The molecule has 0 radical (unpaired) electrons. The fourth-order valence-corrected chi connectivity index (χ4v) is 3.35. The summed E-state index contributed by atoms with van der Waals surface area (Å²) in [6.07, 6.45) is 3.09. The van der Waals surface area contributed by atoms with Crippen LogP contribution in [-0.4, -0.2) is 42.3 Å². The van der Waals surface area contributed by atoms with Crippen molar-refractivity contribution in [3.05, 3.63) is 53.7 Å². The Labute approximate surface area is 177 Å². The molecule has 1 unspecified atom stereocenters. The molecule has 1 saturated heterocycles. The predicted octanol–water partition coefficient (Wildman–Crippen LogP) is 1.82. The van der Waals surface area contributed by atoms with Crippen molar-refractivity contribution in [1.82, 2.24) is 10.3 Å². The molecule has 0 saturated carbocycles. The summed E-state index contributed by atoms with van der Waals surface area (Å²) >= 11 is 0. The molecular formula is C21H23F2N5O3. The smallest absolute Gasteiger partial charge is 0.254 e. The Morgan fingerprint density at radius 2 is 2.00 bits per heavy atom. The Bertz CT molecular complexity index is 968. The molecule has 1 fully saturated rings. The van der Waals surface area contributed by atoms with Gasteiger partial charge in [0.25, 0.3) is 5.91 Å². The summed E-state index contributed by atoms with van der Waals surface area (Å²) in [5.74, 6) is -2.66. The summed E-state index contributed by atoms with van der Waals surface area (Å²) in [5.41, 5.74) is 5.58. The van der Waals surface area contributed by atoms with Crippen LogP contribution in [0.2, 0.25) is 0 Å². The molecule has 1 aromatic carbocycles. The van der Waals surface area contributed by atoms with E-state index in [4.69, 9.17) is 5.73 Å². The van der Waals surface area contributed by atoms with Crippen molar-refractivity contribution in [3.63, 3.8) is 0 Å². The lowest BCUT2D eigenvalue weighted by Crippen LogP contribution is -2.41. The van der Waals surface area contributed by atoms with Crippen molar-refractivity contribution < 1.29 is 23.2 Å². The summed E-state index contributed by atoms with van der Waals surface area (Å²) in [4.78, 5) is 41.7. The van der Waals surface area contributed by atoms with E-state index in [0.29, 0.717) is 24.1 Å². The minimum Gasteiger partial charge on any atom is -0.369 e. The molecule has 4 N–H and O–H groups in total. The molecule has 0 aliphatic carbocycles. The Balaban J connectivity index is 1.46. The molecule has 0 spiro atoms. The number of aromatic nitrogens is 1. The molecule has 1 aliphatic rings. The van der Waals surface area contributed by atoms with Gasteiger partial charge in [0, 0.05) is 32.1 Å². The second-order valence-electron chi connectivity index (χ2n) is 7.27. The topological polar surface area (TPSA) is 117 Å². The summed E-state index contributed by atoms with van der Waals surface area (Å²) in [6, 6.07) is 6.09. The Kier molecular flexibility index (Phi) is 7.11. The summed E-state index contributed by atoms with van der Waals surface area (Å²) in [6.45, 7) is 1.27. The lowest BCUT2D eigenvalue weighted by molar-refractivity contribution is -0.122. The van der Waals surface area contributed by atoms with Crippen LogP contribution in [0.3, 0.4) is 0 Å². The lowest BCUT2D eigenvalue weighted by atomic mass is 9.97. The highest BCUT2D eigenvalue weighted by atomic mass is 19.1. The van der Waals surface area contributed by atoms with Crippen LogP contribution in [0.5, 0.6) is 0 Å². The summed E-state index contributed by atoms with van der Waals surface area (Å²) in [5, 5.41) is 5.08. The quantitative estimate of drug-likeness (QED) is 0.618. The van der Waals surface area contributed by atoms with E-state index in [1.54, 1.807) is 12.1 Å². The van der Waals surface area contributed by atoms with Crippen LogP contribution in [0.25, 0.3) is 0 Å². The number of piperidine rings is 1. The third kappa shape index (κ3) is 5.97. The number of rotatable bonds is 7. The van der Waals surface area contributed by atoms with Gasteiger partial charge < -0.3 is 21.3 Å². The van der Waals surface area contributed by atoms with Crippen molar-refractivity contribution in [1.29, 1.82) is 0 Å². The molecule has 1 atom stereocenters. The first-order valence-electron chi connectivity index (χ1n) is 9.87. The highest BCUT2D eigenvalue weighted by Gasteiger charge is 2.24. The largest absolute Gasteiger partial charge is 0.369 e. The molecular weight excluding hydrogens is 408 g/mol. The highest BCUT2D eigenvalue weighted by Crippen LogP contribution is 2.22. The summed E-state index contributed by atoms with van der Waals surface area (Å²) < 4.78 is 26.5. The number of amides is 3. The third-order valence-corrected chi connectivity index (χ3v) is 4.99. The molecule has 10 heteroatoms. The zero-order valence-corrected chi connectivity index (χ0v) is 16.7. The van der Waals surface area contributed by atoms with Gasteiger partial charge in [-0.05, 0) is 37.1 Å². The number of hydrogen-bond acceptors (Lipinski definition) is 5. The van der Waals surface area contributed by atoms with Gasteiger partial charge in [0.1, 0.15) is 17.5 Å². The number of pyridine rings is 1. The first-order chi connectivity index (χ1) is 14.8. The SMILES string of the molecule is NC(=O)C1CCCN(c2ccc(NC(=O)CCNC(=O)c3ccc(F)cc3F)cn2)C1. The number of nitrogens with one attached hydrogen (secondary N) is 2. The van der Waals surface area contributed by atoms with Crippen molar-refractivity contribution in [3.8, 4) is 0 Å². The number of nitrogens with zero attached hydrogens (tertiary/aromatic N) is 2. The Morgan fingerprint density at radius 3 is 2.68 bits per heavy atom. The van der Waals surface area contributed by atoms with Crippen molar-refractivity contribution >= 4 is 29.2 Å². The van der Waals surface area contributed by atoms with Gasteiger partial charge in [-0.2, -0.15) is 0 Å². The zero-order valence-electron chi connectivity index (χ0n) is 16.7. The van der Waals surface area contributed by atoms with Gasteiger partial charge in [-0.25, -0.2) is 13.8 Å². The van der Waals surface area contributed by atoms with E-state index in [0.717, 1.165) is 31.5 Å². The number of carbonyl (C=O) groups is 3. The number of anilines is 2. The number of primary amides is 1. The van der Waals surface area contributed by atoms with E-state index in [9.17, 15) is 23.2 Å². The first-order valence-corrected chi connectivity index (χ1v) is 9.87. The highest BCUT2D eigenvalue weighted by molar-refractivity contribution is 5.95. The number of nitrogens with two attached hydrogens (primary N) is 1. The monoisotopic (exact) mass is 431 g/mol. The van der Waals surface area contributed by atoms with Gasteiger partial charge in [0.15, 0.2) is 0 Å². The molecule has 0 bridgehead atoms. The molecule has 1 aliphatic heterocycles. The number of halogens is 2. The van der Waals surface area contributed by atoms with E-state index in [-0.39, 0.29) is 36.3 Å². The zero-order chi connectivity index (χ0) is 22.4. The maximum absolute atomic E-state index is 13.6. The van der Waals surface area contributed by atoms with Crippen LogP contribution in [0.4, 0.5) is 20.3 Å². The molecule has 1 aromatic heterocycles. The van der Waals surface area contributed by atoms with E-state index < -0.39 is 17.5 Å². The van der Waals surface area contributed by atoms with Gasteiger partial charge >= 0.3 is 0 Å². The average molecular weight is 431 g/mol. The molecule has 164 valence electrons. The van der Waals surface area contributed by atoms with E-state index >= 15 is 0 Å². The Morgan fingerprint density at radius 1 is 1.19 bits per heavy atom. The van der Waals surface area contributed by atoms with E-state index in [2.05, 4.69) is 15.6 Å². The Hall–Kier alpha value is -3.56. The number of hydrogen-bond donors (Lipinski definition) is 3. The van der Waals surface area contributed by atoms with Crippen LogP contribution in [0, 0.1) is 17.6 Å². The minimum atomic E-state index is -0.969. The molecule has 8 nitrogen and oxygen atoms in total. The predicted molar refractivity (Wildman–Crippen MR) is 110 cm³/mol. The molecule has 31 heavy (non-hydrogen) atoms. The number of carbonyl (C=O) groups excluding carboxylic acids is 3. The van der Waals surface area contributed by atoms with Crippen LogP contribution >= 0.6 is 0 Å². The third-order valence-electron chi connectivity index (χ3n) is 4.99. The van der Waals surface area contributed by atoms with Crippen LogP contribution in [0.15, 0.2) is 36.5 Å². The van der Waals surface area contributed by atoms with Gasteiger partial charge in [0.2, 0.25) is 11.8 Å². The van der Waals surface area contributed by atoms with Crippen molar-refractivity contribution in [2.75, 3.05) is 29.9 Å². The van der Waals surface area contributed by atoms with E-state index in [1.807, 2.05) is 4.90 Å². The first kappa shape index (κ1) is 22.1. The standard InChI is InChI=1S/C21H23F2N5O3/c22-14-3-5-16(17(23)10-14)21(31)25-8-7-19(29)27-15-4-6-18(26-11-15)28-9-1-2-13(12-28)20(24)30/h3-6,10-11,13H,1-2,7-9,12H2,(H2,24,30)(H,25,31)(H,27,29). The molecule has 3 amide bonds. The summed E-state index contributed by atoms with van der Waals surface area (Å²) in [7, 11) is 0. The fourth-order valence-electron chi connectivity index (χ4n) is 3.35. The van der Waals surface area contributed by atoms with Crippen LogP contribution < -0.4 is 21.3 Å². The maximum Gasteiger partial charge on any atom is 0.254 e. The lowest BCUT2D eigenvalue weighted by Gasteiger charge is -2.32. The van der Waals surface area contributed by atoms with Gasteiger partial charge in [0.05, 0.1) is 23.4 Å². The van der Waals surface area contributed by atoms with Gasteiger partial charge in [-0.15, -0.1) is 0 Å². The van der Waals surface area contributed by atoms with Crippen LogP contribution in [0.1, 0.15) is 29.6 Å². The van der Waals surface area contributed by atoms with Crippen molar-refractivity contribution in [2.24, 2.45) is 11.7 Å². The normalized spacial score (nSPS) is 15.9. The second-order valence-corrected chi connectivity index (χ2v) is 7.27. The molecule has 2 heterocycles. The fraction of sp³-hybridized carbons (Fsp3) is 0.333. The number of benzene rings is 1. The van der Waals surface area contributed by atoms with E-state index in [1.165, 1.54) is 6.20 Å². The molecule has 2 aromatic rings. The molecule has 3 rings (SSSR count). The minimum absolute atomic E-state index is 0.0186. The second kappa shape index (κ2) is 9.96. The van der Waals surface area contributed by atoms with Crippen molar-refractivity contribution in [2.45, 2.75) is 19.3 Å². The van der Waals surface area contributed by atoms with Gasteiger partial charge in [-0.1, -0.05) is 0 Å².